The predicted molar refractivity (Wildman–Crippen MR) is 57.2 cm³/mol. The lowest BCUT2D eigenvalue weighted by molar-refractivity contribution is -0.174. The molecule has 1 aromatic heterocycles. The van der Waals surface area contributed by atoms with E-state index >= 15 is 0 Å². The fourth-order valence-electron chi connectivity index (χ4n) is 1.22. The molecule has 17 heavy (non-hydrogen) atoms. The maximum Gasteiger partial charge on any atom is 0.411 e. The number of hydrogen-bond acceptors (Lipinski definition) is 2. The summed E-state index contributed by atoms with van der Waals surface area (Å²) >= 11 is 5.76. The molecule has 0 aromatic carbocycles. The van der Waals surface area contributed by atoms with E-state index in [1.807, 2.05) is 0 Å². The molecule has 1 rings (SSSR count). The third-order valence-corrected chi connectivity index (χ3v) is 2.26. The van der Waals surface area contributed by atoms with Crippen molar-refractivity contribution in [2.24, 2.45) is 0 Å². The number of ether oxygens (including phenoxy) is 1. The first-order chi connectivity index (χ1) is 7.90. The van der Waals surface area contributed by atoms with Gasteiger partial charge in [0.25, 0.3) is 5.56 Å². The van der Waals surface area contributed by atoms with Gasteiger partial charge in [0, 0.05) is 19.2 Å². The van der Waals surface area contributed by atoms with Gasteiger partial charge in [0.05, 0.1) is 0 Å². The topological polar surface area (TPSA) is 31.2 Å². The number of aromatic nitrogens is 1. The highest BCUT2D eigenvalue weighted by molar-refractivity contribution is 6.29. The molecule has 0 radical (unpaired) electrons. The van der Waals surface area contributed by atoms with Gasteiger partial charge in [0.2, 0.25) is 0 Å². The van der Waals surface area contributed by atoms with Gasteiger partial charge >= 0.3 is 6.18 Å². The first-order valence-electron chi connectivity index (χ1n) is 4.90. The van der Waals surface area contributed by atoms with Crippen LogP contribution in [0.2, 0.25) is 5.15 Å². The maximum atomic E-state index is 11.7. The Balaban J connectivity index is 2.34. The van der Waals surface area contributed by atoms with Crippen molar-refractivity contribution in [3.8, 4) is 0 Å². The van der Waals surface area contributed by atoms with Crippen LogP contribution in [0, 0.1) is 0 Å². The molecule has 0 atom stereocenters. The fraction of sp³-hybridized carbons (Fsp3) is 0.500. The summed E-state index contributed by atoms with van der Waals surface area (Å²) in [7, 11) is 0. The fourth-order valence-corrected chi connectivity index (χ4v) is 1.47. The van der Waals surface area contributed by atoms with Gasteiger partial charge < -0.3 is 4.74 Å². The van der Waals surface area contributed by atoms with Crippen LogP contribution in [-0.2, 0) is 11.3 Å². The molecule has 1 aromatic rings. The van der Waals surface area contributed by atoms with Crippen molar-refractivity contribution < 1.29 is 17.9 Å². The van der Waals surface area contributed by atoms with Gasteiger partial charge in [0.1, 0.15) is 11.8 Å². The third kappa shape index (κ3) is 5.23. The number of pyridine rings is 1. The largest absolute Gasteiger partial charge is 0.411 e. The Kier molecular flexibility index (Phi) is 5.02. The Morgan fingerprint density at radius 3 is 2.65 bits per heavy atom. The van der Waals surface area contributed by atoms with Crippen LogP contribution in [0.4, 0.5) is 13.2 Å². The van der Waals surface area contributed by atoms with Crippen LogP contribution in [0.3, 0.4) is 0 Å². The molecule has 0 N–H and O–H groups in total. The molecule has 0 saturated heterocycles. The van der Waals surface area contributed by atoms with Crippen molar-refractivity contribution in [3.63, 3.8) is 0 Å². The zero-order valence-corrected chi connectivity index (χ0v) is 9.59. The van der Waals surface area contributed by atoms with Crippen molar-refractivity contribution in [2.45, 2.75) is 19.1 Å². The number of hydrogen-bond donors (Lipinski definition) is 0. The van der Waals surface area contributed by atoms with E-state index in [1.165, 1.54) is 16.7 Å². The predicted octanol–water partition coefficient (Wildman–Crippen LogP) is 2.47. The normalized spacial score (nSPS) is 11.8. The first kappa shape index (κ1) is 14.1. The van der Waals surface area contributed by atoms with E-state index in [4.69, 9.17) is 11.6 Å². The second kappa shape index (κ2) is 6.07. The Morgan fingerprint density at radius 2 is 2.06 bits per heavy atom. The van der Waals surface area contributed by atoms with Crippen LogP contribution < -0.4 is 5.56 Å². The molecule has 0 saturated carbocycles. The highest BCUT2D eigenvalue weighted by Crippen LogP contribution is 2.14. The van der Waals surface area contributed by atoms with Crippen LogP contribution in [0.1, 0.15) is 6.42 Å². The average Bonchev–Trinajstić information content (AvgIpc) is 2.20. The summed E-state index contributed by atoms with van der Waals surface area (Å²) in [6.45, 7) is -1.11. The van der Waals surface area contributed by atoms with Crippen molar-refractivity contribution in [2.75, 3.05) is 13.2 Å². The summed E-state index contributed by atoms with van der Waals surface area (Å²) in [6.07, 6.45) is -4.03. The summed E-state index contributed by atoms with van der Waals surface area (Å²) in [5, 5.41) is 0.258. The first-order valence-corrected chi connectivity index (χ1v) is 5.28. The molecule has 1 heterocycles. The third-order valence-electron chi connectivity index (χ3n) is 1.93. The van der Waals surface area contributed by atoms with E-state index in [2.05, 4.69) is 4.74 Å². The molecule has 0 unspecified atom stereocenters. The SMILES string of the molecule is O=c1cccc(Cl)n1CCCOCC(F)(F)F. The molecule has 96 valence electrons. The second-order valence-corrected chi connectivity index (χ2v) is 3.75. The monoisotopic (exact) mass is 269 g/mol. The quantitative estimate of drug-likeness (QED) is 0.607. The van der Waals surface area contributed by atoms with E-state index in [9.17, 15) is 18.0 Å². The van der Waals surface area contributed by atoms with E-state index < -0.39 is 12.8 Å². The number of rotatable bonds is 5. The lowest BCUT2D eigenvalue weighted by atomic mass is 10.4. The van der Waals surface area contributed by atoms with Crippen LogP contribution in [0.5, 0.6) is 0 Å². The van der Waals surface area contributed by atoms with E-state index in [1.54, 1.807) is 6.07 Å². The van der Waals surface area contributed by atoms with Gasteiger partial charge in [-0.2, -0.15) is 13.2 Å². The molecule has 0 aliphatic rings. The molecule has 0 amide bonds. The summed E-state index contributed by atoms with van der Waals surface area (Å²) in [5.41, 5.74) is -0.284. The highest BCUT2D eigenvalue weighted by Gasteiger charge is 2.27. The molecular weight excluding hydrogens is 259 g/mol. The number of halogens is 4. The highest BCUT2D eigenvalue weighted by atomic mass is 35.5. The van der Waals surface area contributed by atoms with Crippen molar-refractivity contribution in [3.05, 3.63) is 33.7 Å². The van der Waals surface area contributed by atoms with Gasteiger partial charge in [-0.1, -0.05) is 17.7 Å². The van der Waals surface area contributed by atoms with Gasteiger partial charge in [-0.3, -0.25) is 9.36 Å². The lowest BCUT2D eigenvalue weighted by Crippen LogP contribution is -2.21. The Labute approximate surface area is 101 Å². The standard InChI is InChI=1S/C10H11ClF3NO2/c11-8-3-1-4-9(16)15(8)5-2-6-17-7-10(12,13)14/h1,3-4H,2,5-7H2. The number of nitrogens with zero attached hydrogens (tertiary/aromatic N) is 1. The zero-order chi connectivity index (χ0) is 12.9. The average molecular weight is 270 g/mol. The molecule has 0 spiro atoms. The smallest absolute Gasteiger partial charge is 0.372 e. The van der Waals surface area contributed by atoms with Gasteiger partial charge in [-0.25, -0.2) is 0 Å². The van der Waals surface area contributed by atoms with Crippen molar-refractivity contribution >= 4 is 11.6 Å². The van der Waals surface area contributed by atoms with Gasteiger partial charge in [-0.15, -0.1) is 0 Å². The number of alkyl halides is 3. The molecule has 7 heteroatoms. The Bertz CT molecular complexity index is 417. The van der Waals surface area contributed by atoms with E-state index in [-0.39, 0.29) is 23.9 Å². The second-order valence-electron chi connectivity index (χ2n) is 3.36. The van der Waals surface area contributed by atoms with Crippen LogP contribution >= 0.6 is 11.6 Å². The van der Waals surface area contributed by atoms with Crippen molar-refractivity contribution in [1.82, 2.24) is 4.57 Å². The Hall–Kier alpha value is -1.01. The molecule has 0 bridgehead atoms. The maximum absolute atomic E-state index is 11.7. The molecule has 0 aliphatic carbocycles. The van der Waals surface area contributed by atoms with Crippen LogP contribution in [-0.4, -0.2) is 24.0 Å². The van der Waals surface area contributed by atoms with E-state index in [0.717, 1.165) is 0 Å². The molecular formula is C10H11ClF3NO2. The lowest BCUT2D eigenvalue weighted by Gasteiger charge is -2.09. The summed E-state index contributed by atoms with van der Waals surface area (Å²) in [6, 6.07) is 4.39. The summed E-state index contributed by atoms with van der Waals surface area (Å²) < 4.78 is 40.9. The minimum Gasteiger partial charge on any atom is -0.372 e. The van der Waals surface area contributed by atoms with Crippen LogP contribution in [0.15, 0.2) is 23.0 Å². The van der Waals surface area contributed by atoms with Crippen LogP contribution in [0.25, 0.3) is 0 Å². The molecule has 0 fully saturated rings. The molecule has 0 aliphatic heterocycles. The minimum atomic E-state index is -4.32. The van der Waals surface area contributed by atoms with E-state index in [0.29, 0.717) is 6.42 Å². The van der Waals surface area contributed by atoms with Gasteiger partial charge in [0.15, 0.2) is 0 Å². The van der Waals surface area contributed by atoms with Gasteiger partial charge in [-0.05, 0) is 12.5 Å². The van der Waals surface area contributed by atoms with Crippen molar-refractivity contribution in [1.29, 1.82) is 0 Å². The minimum absolute atomic E-state index is 0.0722. The molecule has 3 nitrogen and oxygen atoms in total. The summed E-state index contributed by atoms with van der Waals surface area (Å²) in [5.74, 6) is 0. The Morgan fingerprint density at radius 1 is 1.35 bits per heavy atom. The zero-order valence-electron chi connectivity index (χ0n) is 8.84. The summed E-state index contributed by atoms with van der Waals surface area (Å²) in [4.78, 5) is 11.3.